The molecule has 1 aromatic carbocycles. The number of nitrogens with one attached hydrogen (secondary N) is 1. The third-order valence-corrected chi connectivity index (χ3v) is 3.04. The molecular weight excluding hydrogens is 226 g/mol. The first kappa shape index (κ1) is 14.7. The molecule has 0 saturated heterocycles. The van der Waals surface area contributed by atoms with Crippen LogP contribution in [-0.2, 0) is 11.2 Å². The Bertz CT molecular complexity index is 371. The van der Waals surface area contributed by atoms with Crippen LogP contribution in [0, 0.1) is 0 Å². The lowest BCUT2D eigenvalue weighted by molar-refractivity contribution is -0.137. The van der Waals surface area contributed by atoms with Crippen LogP contribution in [0.3, 0.4) is 0 Å². The topological polar surface area (TPSA) is 49.3 Å². The summed E-state index contributed by atoms with van der Waals surface area (Å²) in [6.07, 6.45) is 0.929. The number of carboxylic acid groups (broad SMARTS) is 1. The Kier molecular flexibility index (Phi) is 5.86. The number of carboxylic acids is 1. The van der Waals surface area contributed by atoms with E-state index in [2.05, 4.69) is 43.4 Å². The summed E-state index contributed by atoms with van der Waals surface area (Å²) in [5.41, 5.74) is 2.50. The van der Waals surface area contributed by atoms with Gasteiger partial charge in [-0.3, -0.25) is 4.79 Å². The molecule has 1 unspecified atom stereocenters. The number of aliphatic carboxylic acids is 1. The van der Waals surface area contributed by atoms with Gasteiger partial charge in [-0.1, -0.05) is 45.0 Å². The highest BCUT2D eigenvalue weighted by molar-refractivity contribution is 5.67. The Labute approximate surface area is 109 Å². The van der Waals surface area contributed by atoms with E-state index in [1.165, 1.54) is 11.1 Å². The SMILES string of the molecule is CCNC(CC(=O)O)Cc1ccc(C(C)C)cc1. The number of hydrogen-bond donors (Lipinski definition) is 2. The molecule has 0 heterocycles. The van der Waals surface area contributed by atoms with Gasteiger partial charge in [-0.25, -0.2) is 0 Å². The zero-order valence-electron chi connectivity index (χ0n) is 11.4. The summed E-state index contributed by atoms with van der Waals surface area (Å²) in [5.74, 6) is -0.220. The molecule has 0 aliphatic heterocycles. The van der Waals surface area contributed by atoms with E-state index in [9.17, 15) is 4.79 Å². The third-order valence-electron chi connectivity index (χ3n) is 3.04. The Hall–Kier alpha value is -1.35. The van der Waals surface area contributed by atoms with E-state index < -0.39 is 5.97 Å². The summed E-state index contributed by atoms with van der Waals surface area (Å²) in [6.45, 7) is 7.13. The molecule has 2 N–H and O–H groups in total. The van der Waals surface area contributed by atoms with Crippen molar-refractivity contribution in [2.75, 3.05) is 6.54 Å². The molecule has 0 radical (unpaired) electrons. The zero-order valence-corrected chi connectivity index (χ0v) is 11.4. The van der Waals surface area contributed by atoms with E-state index in [0.29, 0.717) is 5.92 Å². The molecule has 0 saturated carbocycles. The van der Waals surface area contributed by atoms with Crippen LogP contribution in [0.25, 0.3) is 0 Å². The highest BCUT2D eigenvalue weighted by Crippen LogP contribution is 2.16. The molecule has 0 bridgehead atoms. The van der Waals surface area contributed by atoms with Crippen molar-refractivity contribution in [2.24, 2.45) is 0 Å². The lowest BCUT2D eigenvalue weighted by atomic mass is 9.98. The minimum absolute atomic E-state index is 0.0115. The fourth-order valence-corrected chi connectivity index (χ4v) is 2.04. The van der Waals surface area contributed by atoms with Crippen LogP contribution in [0.2, 0.25) is 0 Å². The van der Waals surface area contributed by atoms with Crippen molar-refractivity contribution >= 4 is 5.97 Å². The number of likely N-dealkylation sites (N-methyl/N-ethyl adjacent to an activating group) is 1. The number of hydrogen-bond acceptors (Lipinski definition) is 2. The van der Waals surface area contributed by atoms with Gasteiger partial charge in [0.15, 0.2) is 0 Å². The molecule has 3 nitrogen and oxygen atoms in total. The second kappa shape index (κ2) is 7.17. The maximum absolute atomic E-state index is 10.8. The first-order valence-electron chi connectivity index (χ1n) is 6.57. The summed E-state index contributed by atoms with van der Waals surface area (Å²) in [6, 6.07) is 8.47. The van der Waals surface area contributed by atoms with Crippen LogP contribution in [-0.4, -0.2) is 23.7 Å². The third kappa shape index (κ3) is 4.88. The van der Waals surface area contributed by atoms with Crippen LogP contribution >= 0.6 is 0 Å². The maximum Gasteiger partial charge on any atom is 0.304 e. The van der Waals surface area contributed by atoms with Crippen LogP contribution in [0.1, 0.15) is 44.2 Å². The number of rotatable bonds is 7. The maximum atomic E-state index is 10.8. The van der Waals surface area contributed by atoms with Gasteiger partial charge in [0.2, 0.25) is 0 Å². The van der Waals surface area contributed by atoms with E-state index >= 15 is 0 Å². The molecule has 0 aliphatic rings. The smallest absolute Gasteiger partial charge is 0.304 e. The van der Waals surface area contributed by atoms with Crippen molar-refractivity contribution in [3.05, 3.63) is 35.4 Å². The van der Waals surface area contributed by atoms with E-state index in [1.54, 1.807) is 0 Å². The van der Waals surface area contributed by atoms with Crippen LogP contribution in [0.4, 0.5) is 0 Å². The first-order valence-corrected chi connectivity index (χ1v) is 6.57. The van der Waals surface area contributed by atoms with Gasteiger partial charge >= 0.3 is 5.97 Å². The molecule has 0 amide bonds. The van der Waals surface area contributed by atoms with Gasteiger partial charge in [-0.05, 0) is 30.0 Å². The quantitative estimate of drug-likeness (QED) is 0.781. The molecule has 0 spiro atoms. The van der Waals surface area contributed by atoms with E-state index in [1.807, 2.05) is 6.92 Å². The molecule has 0 aliphatic carbocycles. The van der Waals surface area contributed by atoms with Crippen LogP contribution in [0.15, 0.2) is 24.3 Å². The molecular formula is C15H23NO2. The van der Waals surface area contributed by atoms with Gasteiger partial charge in [0.25, 0.3) is 0 Å². The first-order chi connectivity index (χ1) is 8.52. The predicted octanol–water partition coefficient (Wildman–Crippen LogP) is 2.81. The molecule has 1 rings (SSSR count). The van der Waals surface area contributed by atoms with Crippen molar-refractivity contribution in [1.29, 1.82) is 0 Å². The Balaban J connectivity index is 2.65. The van der Waals surface area contributed by atoms with Gasteiger partial charge in [0, 0.05) is 6.04 Å². The van der Waals surface area contributed by atoms with Crippen molar-refractivity contribution in [3.63, 3.8) is 0 Å². The highest BCUT2D eigenvalue weighted by Gasteiger charge is 2.12. The highest BCUT2D eigenvalue weighted by atomic mass is 16.4. The second-order valence-corrected chi connectivity index (χ2v) is 4.95. The van der Waals surface area contributed by atoms with Gasteiger partial charge < -0.3 is 10.4 Å². The van der Waals surface area contributed by atoms with Crippen molar-refractivity contribution in [3.8, 4) is 0 Å². The minimum Gasteiger partial charge on any atom is -0.481 e. The number of carbonyl (C=O) groups is 1. The molecule has 1 atom stereocenters. The summed E-state index contributed by atoms with van der Waals surface area (Å²) in [7, 11) is 0. The Morgan fingerprint density at radius 1 is 1.28 bits per heavy atom. The van der Waals surface area contributed by atoms with Crippen molar-refractivity contribution in [1.82, 2.24) is 5.32 Å². The normalized spacial score (nSPS) is 12.7. The van der Waals surface area contributed by atoms with E-state index in [0.717, 1.165) is 13.0 Å². The average Bonchev–Trinajstić information content (AvgIpc) is 2.29. The minimum atomic E-state index is -0.750. The van der Waals surface area contributed by atoms with Crippen LogP contribution < -0.4 is 5.32 Å². The van der Waals surface area contributed by atoms with Crippen molar-refractivity contribution < 1.29 is 9.90 Å². The molecule has 18 heavy (non-hydrogen) atoms. The van der Waals surface area contributed by atoms with Gasteiger partial charge in [-0.15, -0.1) is 0 Å². The molecule has 0 aromatic heterocycles. The second-order valence-electron chi connectivity index (χ2n) is 4.95. The monoisotopic (exact) mass is 249 g/mol. The lowest BCUT2D eigenvalue weighted by Gasteiger charge is -2.16. The number of benzene rings is 1. The lowest BCUT2D eigenvalue weighted by Crippen LogP contribution is -2.33. The molecule has 1 aromatic rings. The summed E-state index contributed by atoms with van der Waals surface area (Å²) < 4.78 is 0. The summed E-state index contributed by atoms with van der Waals surface area (Å²) in [5, 5.41) is 12.1. The zero-order chi connectivity index (χ0) is 13.5. The fourth-order valence-electron chi connectivity index (χ4n) is 2.04. The summed E-state index contributed by atoms with van der Waals surface area (Å²) in [4.78, 5) is 10.8. The largest absolute Gasteiger partial charge is 0.481 e. The Morgan fingerprint density at radius 2 is 1.89 bits per heavy atom. The summed E-state index contributed by atoms with van der Waals surface area (Å²) >= 11 is 0. The fraction of sp³-hybridized carbons (Fsp3) is 0.533. The van der Waals surface area contributed by atoms with Gasteiger partial charge in [0.05, 0.1) is 6.42 Å². The predicted molar refractivity (Wildman–Crippen MR) is 74.0 cm³/mol. The van der Waals surface area contributed by atoms with E-state index in [4.69, 9.17) is 5.11 Å². The molecule has 3 heteroatoms. The Morgan fingerprint density at radius 3 is 2.33 bits per heavy atom. The molecule has 100 valence electrons. The average molecular weight is 249 g/mol. The standard InChI is InChI=1S/C15H23NO2/c1-4-16-14(10-15(17)18)9-12-5-7-13(8-6-12)11(2)3/h5-8,11,14,16H,4,9-10H2,1-3H3,(H,17,18). The van der Waals surface area contributed by atoms with E-state index in [-0.39, 0.29) is 12.5 Å². The van der Waals surface area contributed by atoms with Gasteiger partial charge in [-0.2, -0.15) is 0 Å². The van der Waals surface area contributed by atoms with Crippen LogP contribution in [0.5, 0.6) is 0 Å². The van der Waals surface area contributed by atoms with Crippen molar-refractivity contribution in [2.45, 2.75) is 45.6 Å². The van der Waals surface area contributed by atoms with Gasteiger partial charge in [0.1, 0.15) is 0 Å². The molecule has 0 fully saturated rings.